The van der Waals surface area contributed by atoms with Crippen LogP contribution >= 0.6 is 0 Å². The Morgan fingerprint density at radius 3 is 1.89 bits per heavy atom. The second-order valence-electron chi connectivity index (χ2n) is 7.70. The average Bonchev–Trinajstić information content (AvgIpc) is 2.24. The van der Waals surface area contributed by atoms with E-state index >= 15 is 0 Å². The Morgan fingerprint density at radius 1 is 0.947 bits per heavy atom. The van der Waals surface area contributed by atoms with Crippen molar-refractivity contribution in [3.05, 3.63) is 29.8 Å². The van der Waals surface area contributed by atoms with Crippen molar-refractivity contribution in [2.45, 2.75) is 53.1 Å². The van der Waals surface area contributed by atoms with E-state index in [-0.39, 0.29) is 0 Å². The maximum atomic E-state index is 2.46. The summed E-state index contributed by atoms with van der Waals surface area (Å²) in [6.45, 7) is 12.7. The molecule has 0 bridgehead atoms. The Kier molecular flexibility index (Phi) is 5.03. The highest BCUT2D eigenvalue weighted by molar-refractivity contribution is 5.45. The Balaban J connectivity index is 2.56. The van der Waals surface area contributed by atoms with Crippen molar-refractivity contribution in [2.75, 3.05) is 19.0 Å². The second kappa shape index (κ2) is 5.96. The molecular weight excluding hydrogens is 232 g/mol. The first kappa shape index (κ1) is 16.0. The lowest BCUT2D eigenvalue weighted by molar-refractivity contribution is -0.737. The molecule has 0 radical (unpaired) electrons. The van der Waals surface area contributed by atoms with Gasteiger partial charge in [0.15, 0.2) is 0 Å². The summed E-state index contributed by atoms with van der Waals surface area (Å²) >= 11 is 0. The van der Waals surface area contributed by atoms with Gasteiger partial charge in [0, 0.05) is 31.8 Å². The Hall–Kier alpha value is -1.02. The van der Waals surface area contributed by atoms with Crippen LogP contribution in [0.15, 0.2) is 24.3 Å². The zero-order valence-corrected chi connectivity index (χ0v) is 13.7. The minimum Gasteiger partial charge on any atom is -0.378 e. The predicted octanol–water partition coefficient (Wildman–Crippen LogP) is 3.03. The zero-order valence-electron chi connectivity index (χ0n) is 13.7. The topological polar surface area (TPSA) is 19.9 Å². The van der Waals surface area contributed by atoms with E-state index in [9.17, 15) is 0 Å². The second-order valence-corrected chi connectivity index (χ2v) is 7.70. The maximum Gasteiger partial charge on any atom is 0.102 e. The lowest BCUT2D eigenvalue weighted by atomic mass is 9.82. The Labute approximate surface area is 119 Å². The number of hydrogen-bond donors (Lipinski definition) is 1. The smallest absolute Gasteiger partial charge is 0.102 e. The van der Waals surface area contributed by atoms with Gasteiger partial charge in [0.05, 0.1) is 5.54 Å². The molecule has 1 aromatic carbocycles. The summed E-state index contributed by atoms with van der Waals surface area (Å²) in [6.07, 6.45) is 1.22. The normalized spacial score (nSPS) is 12.6. The summed E-state index contributed by atoms with van der Waals surface area (Å²) in [5, 5.41) is 2.46. The minimum absolute atomic E-state index is 0.290. The van der Waals surface area contributed by atoms with E-state index in [0.717, 1.165) is 6.54 Å². The lowest BCUT2D eigenvalue weighted by Crippen LogP contribution is -2.94. The van der Waals surface area contributed by atoms with Gasteiger partial charge in [-0.3, -0.25) is 0 Å². The summed E-state index contributed by atoms with van der Waals surface area (Å²) in [5.41, 5.74) is 3.33. The van der Waals surface area contributed by atoms with Crippen LogP contribution in [0.5, 0.6) is 0 Å². The first-order chi connectivity index (χ1) is 8.59. The number of anilines is 1. The van der Waals surface area contributed by atoms with Crippen molar-refractivity contribution in [3.63, 3.8) is 0 Å². The molecule has 0 atom stereocenters. The molecule has 0 saturated carbocycles. The molecule has 0 unspecified atom stereocenters. The fraction of sp³-hybridized carbons (Fsp3) is 0.647. The molecule has 19 heavy (non-hydrogen) atoms. The quantitative estimate of drug-likeness (QED) is 0.865. The molecule has 0 aliphatic carbocycles. The first-order valence-electron chi connectivity index (χ1n) is 7.20. The van der Waals surface area contributed by atoms with Crippen LogP contribution in [0.3, 0.4) is 0 Å². The number of hydrogen-bond acceptors (Lipinski definition) is 1. The summed E-state index contributed by atoms with van der Waals surface area (Å²) in [5.74, 6) is 0. The van der Waals surface area contributed by atoms with E-state index in [1.807, 2.05) is 0 Å². The van der Waals surface area contributed by atoms with Crippen molar-refractivity contribution in [1.82, 2.24) is 0 Å². The van der Waals surface area contributed by atoms with Crippen molar-refractivity contribution < 1.29 is 5.32 Å². The molecule has 0 heterocycles. The van der Waals surface area contributed by atoms with Gasteiger partial charge in [0.2, 0.25) is 0 Å². The number of rotatable bonds is 5. The van der Waals surface area contributed by atoms with Gasteiger partial charge in [0.25, 0.3) is 0 Å². The zero-order chi connectivity index (χ0) is 14.7. The van der Waals surface area contributed by atoms with Crippen molar-refractivity contribution in [3.8, 4) is 0 Å². The van der Waals surface area contributed by atoms with Gasteiger partial charge in [-0.15, -0.1) is 0 Å². The molecule has 2 nitrogen and oxygen atoms in total. The van der Waals surface area contributed by atoms with Crippen molar-refractivity contribution >= 4 is 5.69 Å². The molecule has 0 fully saturated rings. The molecule has 0 spiro atoms. The molecule has 0 amide bonds. The summed E-state index contributed by atoms with van der Waals surface area (Å²) < 4.78 is 0. The largest absolute Gasteiger partial charge is 0.378 e. The van der Waals surface area contributed by atoms with Crippen LogP contribution in [0, 0.1) is 5.41 Å². The fourth-order valence-electron chi connectivity index (χ4n) is 2.76. The number of quaternary nitrogens is 1. The molecule has 2 N–H and O–H groups in total. The lowest BCUT2D eigenvalue weighted by Gasteiger charge is -2.30. The van der Waals surface area contributed by atoms with E-state index in [2.05, 4.69) is 83.2 Å². The monoisotopic (exact) mass is 263 g/mol. The predicted molar refractivity (Wildman–Crippen MR) is 84.5 cm³/mol. The van der Waals surface area contributed by atoms with Crippen molar-refractivity contribution in [2.24, 2.45) is 5.41 Å². The average molecular weight is 263 g/mol. The third kappa shape index (κ3) is 6.11. The van der Waals surface area contributed by atoms with E-state index in [1.165, 1.54) is 17.7 Å². The van der Waals surface area contributed by atoms with Gasteiger partial charge in [-0.1, -0.05) is 32.9 Å². The van der Waals surface area contributed by atoms with E-state index in [1.54, 1.807) is 0 Å². The van der Waals surface area contributed by atoms with E-state index in [4.69, 9.17) is 0 Å². The maximum absolute atomic E-state index is 2.46. The van der Waals surface area contributed by atoms with Crippen LogP contribution in [0.4, 0.5) is 5.69 Å². The van der Waals surface area contributed by atoms with Crippen LogP contribution in [0.1, 0.15) is 46.6 Å². The van der Waals surface area contributed by atoms with Gasteiger partial charge in [0.1, 0.15) is 6.54 Å². The molecule has 0 aliphatic rings. The fourth-order valence-corrected chi connectivity index (χ4v) is 2.76. The molecule has 0 saturated heterocycles. The standard InChI is InChI=1S/C17H30N2/c1-16(2,3)13-17(4,5)18-12-14-8-10-15(11-9-14)19(6)7/h8-11,18H,12-13H2,1-7H3/p+1. The molecule has 1 aromatic rings. The summed E-state index contributed by atoms with van der Waals surface area (Å²) in [7, 11) is 4.15. The molecule has 2 heteroatoms. The summed E-state index contributed by atoms with van der Waals surface area (Å²) in [6, 6.07) is 8.86. The Bertz CT molecular complexity index is 383. The number of nitrogens with zero attached hydrogens (tertiary/aromatic N) is 1. The first-order valence-corrected chi connectivity index (χ1v) is 7.20. The van der Waals surface area contributed by atoms with Crippen LogP contribution in [0.2, 0.25) is 0 Å². The molecule has 108 valence electrons. The van der Waals surface area contributed by atoms with Crippen molar-refractivity contribution in [1.29, 1.82) is 0 Å². The molecule has 0 aromatic heterocycles. The van der Waals surface area contributed by atoms with Gasteiger partial charge >= 0.3 is 0 Å². The molecular formula is C17H31N2+. The van der Waals surface area contributed by atoms with Gasteiger partial charge in [-0.25, -0.2) is 0 Å². The van der Waals surface area contributed by atoms with Crippen LogP contribution in [-0.4, -0.2) is 19.6 Å². The summed E-state index contributed by atoms with van der Waals surface area (Å²) in [4.78, 5) is 2.14. The van der Waals surface area contributed by atoms with Crippen LogP contribution in [0.25, 0.3) is 0 Å². The highest BCUT2D eigenvalue weighted by atomic mass is 15.1. The van der Waals surface area contributed by atoms with Gasteiger partial charge in [-0.2, -0.15) is 0 Å². The number of benzene rings is 1. The van der Waals surface area contributed by atoms with Gasteiger partial charge < -0.3 is 10.2 Å². The van der Waals surface area contributed by atoms with E-state index < -0.39 is 0 Å². The third-order valence-corrected chi connectivity index (χ3v) is 3.33. The Morgan fingerprint density at radius 2 is 1.47 bits per heavy atom. The molecule has 1 rings (SSSR count). The third-order valence-electron chi connectivity index (χ3n) is 3.33. The van der Waals surface area contributed by atoms with Gasteiger partial charge in [-0.05, 0) is 31.4 Å². The van der Waals surface area contributed by atoms with Crippen LogP contribution < -0.4 is 10.2 Å². The van der Waals surface area contributed by atoms with Crippen LogP contribution in [-0.2, 0) is 6.54 Å². The SMILES string of the molecule is CN(C)c1ccc(C[NH2+]C(C)(C)CC(C)(C)C)cc1. The minimum atomic E-state index is 0.290. The highest BCUT2D eigenvalue weighted by Crippen LogP contribution is 2.24. The van der Waals surface area contributed by atoms with E-state index in [0.29, 0.717) is 11.0 Å². The highest BCUT2D eigenvalue weighted by Gasteiger charge is 2.28. The number of nitrogens with two attached hydrogens (primary N) is 1. The molecule has 0 aliphatic heterocycles.